The summed E-state index contributed by atoms with van der Waals surface area (Å²) in [5.74, 6) is -0.344. The molecule has 0 unspecified atom stereocenters. The zero-order valence-electron chi connectivity index (χ0n) is 15.0. The van der Waals surface area contributed by atoms with Gasteiger partial charge >= 0.3 is 5.97 Å². The molecule has 0 saturated heterocycles. The molecule has 0 aliphatic rings. The largest absolute Gasteiger partial charge is 0.460 e. The van der Waals surface area contributed by atoms with Crippen LogP contribution in [-0.2, 0) is 26.0 Å². The Hall–Kier alpha value is -2.60. The second-order valence-electron chi connectivity index (χ2n) is 7.04. The van der Waals surface area contributed by atoms with Crippen molar-refractivity contribution in [1.29, 1.82) is 0 Å². The van der Waals surface area contributed by atoms with E-state index in [1.807, 2.05) is 26.8 Å². The van der Waals surface area contributed by atoms with Crippen molar-refractivity contribution in [3.05, 3.63) is 66.4 Å². The maximum absolute atomic E-state index is 12.9. The van der Waals surface area contributed by atoms with Crippen LogP contribution in [-0.4, -0.2) is 24.0 Å². The number of hydrogen-bond donors (Lipinski definition) is 0. The molecule has 0 saturated carbocycles. The van der Waals surface area contributed by atoms with E-state index in [4.69, 9.17) is 4.74 Å². The van der Waals surface area contributed by atoms with Crippen LogP contribution in [0, 0.1) is 0 Å². The van der Waals surface area contributed by atoms with Gasteiger partial charge < -0.3 is 4.74 Å². The first-order valence-electron chi connectivity index (χ1n) is 8.30. The first kappa shape index (κ1) is 18.2. The van der Waals surface area contributed by atoms with Gasteiger partial charge in [-0.2, -0.15) is 0 Å². The molecule has 1 aromatic heterocycles. The van der Waals surface area contributed by atoms with Crippen molar-refractivity contribution in [2.24, 2.45) is 0 Å². The number of esters is 1. The van der Waals surface area contributed by atoms with Crippen molar-refractivity contribution in [1.82, 2.24) is 3.97 Å². The quantitative estimate of drug-likeness (QED) is 0.655. The standard InChI is InChI=1S/C20H21NO4S/c1-20(2,3)25-19(22)14-15-8-7-11-18-17(15)12-13-21(18)26(23,24)16-9-5-4-6-10-16/h4-13H,14H2,1-3H3. The van der Waals surface area contributed by atoms with E-state index in [0.717, 1.165) is 10.9 Å². The van der Waals surface area contributed by atoms with Crippen molar-refractivity contribution in [2.45, 2.75) is 37.7 Å². The van der Waals surface area contributed by atoms with Crippen LogP contribution in [0.3, 0.4) is 0 Å². The highest BCUT2D eigenvalue weighted by Gasteiger charge is 2.21. The third kappa shape index (κ3) is 3.65. The molecular formula is C20H21NO4S. The van der Waals surface area contributed by atoms with E-state index in [-0.39, 0.29) is 17.3 Å². The highest BCUT2D eigenvalue weighted by Crippen LogP contribution is 2.25. The molecule has 5 nitrogen and oxygen atoms in total. The van der Waals surface area contributed by atoms with Gasteiger partial charge in [-0.15, -0.1) is 0 Å². The summed E-state index contributed by atoms with van der Waals surface area (Å²) in [6.07, 6.45) is 1.61. The van der Waals surface area contributed by atoms with Crippen LogP contribution in [0.1, 0.15) is 26.3 Å². The SMILES string of the molecule is CC(C)(C)OC(=O)Cc1cccc2c1ccn2S(=O)(=O)c1ccccc1. The molecule has 0 atom stereocenters. The van der Waals surface area contributed by atoms with E-state index in [9.17, 15) is 13.2 Å². The molecule has 0 aliphatic heterocycles. The van der Waals surface area contributed by atoms with Gasteiger partial charge in [-0.3, -0.25) is 4.79 Å². The van der Waals surface area contributed by atoms with Crippen molar-refractivity contribution in [2.75, 3.05) is 0 Å². The number of aromatic nitrogens is 1. The smallest absolute Gasteiger partial charge is 0.310 e. The fourth-order valence-electron chi connectivity index (χ4n) is 2.81. The average molecular weight is 371 g/mol. The molecule has 2 aromatic carbocycles. The normalized spacial score (nSPS) is 12.3. The topological polar surface area (TPSA) is 65.4 Å². The molecule has 1 heterocycles. The summed E-state index contributed by atoms with van der Waals surface area (Å²) in [5, 5.41) is 0.720. The van der Waals surface area contributed by atoms with Crippen LogP contribution in [0.15, 0.2) is 65.7 Å². The lowest BCUT2D eigenvalue weighted by molar-refractivity contribution is -0.153. The Bertz CT molecular complexity index is 1040. The molecule has 0 N–H and O–H groups in total. The minimum absolute atomic E-state index is 0.0873. The summed E-state index contributed by atoms with van der Waals surface area (Å²) in [6.45, 7) is 5.44. The Morgan fingerprint density at radius 1 is 1.00 bits per heavy atom. The molecular weight excluding hydrogens is 350 g/mol. The second kappa shape index (κ2) is 6.61. The molecule has 6 heteroatoms. The number of carbonyl (C=O) groups excluding carboxylic acids is 1. The summed E-state index contributed by atoms with van der Waals surface area (Å²) in [6, 6.07) is 15.3. The number of ether oxygens (including phenoxy) is 1. The van der Waals surface area contributed by atoms with Gasteiger partial charge in [0.15, 0.2) is 0 Å². The summed E-state index contributed by atoms with van der Waals surface area (Å²) >= 11 is 0. The van der Waals surface area contributed by atoms with Gasteiger partial charge in [-0.1, -0.05) is 30.3 Å². The third-order valence-corrected chi connectivity index (χ3v) is 5.55. The lowest BCUT2D eigenvalue weighted by Crippen LogP contribution is -2.24. The average Bonchev–Trinajstić information content (AvgIpc) is 3.00. The zero-order chi connectivity index (χ0) is 18.9. The Morgan fingerprint density at radius 3 is 2.35 bits per heavy atom. The maximum Gasteiger partial charge on any atom is 0.310 e. The molecule has 3 aromatic rings. The fraction of sp³-hybridized carbons (Fsp3) is 0.250. The molecule has 0 radical (unpaired) electrons. The molecule has 26 heavy (non-hydrogen) atoms. The van der Waals surface area contributed by atoms with Gasteiger partial charge in [-0.25, -0.2) is 12.4 Å². The number of carbonyl (C=O) groups is 1. The number of nitrogens with zero attached hydrogens (tertiary/aromatic N) is 1. The summed E-state index contributed by atoms with van der Waals surface area (Å²) in [4.78, 5) is 12.4. The Labute approximate surface area is 153 Å². The van der Waals surface area contributed by atoms with E-state index in [1.165, 1.54) is 10.2 Å². The van der Waals surface area contributed by atoms with Gasteiger partial charge in [0.05, 0.1) is 16.8 Å². The second-order valence-corrected chi connectivity index (χ2v) is 8.86. The summed E-state index contributed by atoms with van der Waals surface area (Å²) < 4.78 is 32.4. The minimum atomic E-state index is -3.70. The summed E-state index contributed by atoms with van der Waals surface area (Å²) in [7, 11) is -3.70. The van der Waals surface area contributed by atoms with E-state index in [1.54, 1.807) is 48.5 Å². The van der Waals surface area contributed by atoms with Crippen molar-refractivity contribution >= 4 is 26.9 Å². The maximum atomic E-state index is 12.9. The fourth-order valence-corrected chi connectivity index (χ4v) is 4.18. The van der Waals surface area contributed by atoms with Gasteiger partial charge in [-0.05, 0) is 50.6 Å². The monoisotopic (exact) mass is 371 g/mol. The molecule has 3 rings (SSSR count). The molecule has 0 bridgehead atoms. The van der Waals surface area contributed by atoms with Crippen LogP contribution >= 0.6 is 0 Å². The molecule has 0 aliphatic carbocycles. The van der Waals surface area contributed by atoms with E-state index >= 15 is 0 Å². The lowest BCUT2D eigenvalue weighted by Gasteiger charge is -2.19. The lowest BCUT2D eigenvalue weighted by atomic mass is 10.1. The predicted octanol–water partition coefficient (Wildman–Crippen LogP) is 3.76. The molecule has 0 amide bonds. The van der Waals surface area contributed by atoms with Crippen LogP contribution < -0.4 is 0 Å². The van der Waals surface area contributed by atoms with Crippen LogP contribution in [0.4, 0.5) is 0 Å². The number of fused-ring (bicyclic) bond motifs is 1. The minimum Gasteiger partial charge on any atom is -0.460 e. The molecule has 0 fully saturated rings. The number of benzene rings is 2. The first-order chi connectivity index (χ1) is 12.2. The third-order valence-electron chi connectivity index (χ3n) is 3.84. The van der Waals surface area contributed by atoms with Gasteiger partial charge in [0.25, 0.3) is 10.0 Å². The van der Waals surface area contributed by atoms with Gasteiger partial charge in [0.2, 0.25) is 0 Å². The van der Waals surface area contributed by atoms with Crippen molar-refractivity contribution in [3.63, 3.8) is 0 Å². The van der Waals surface area contributed by atoms with Gasteiger partial charge in [0.1, 0.15) is 5.60 Å². The highest BCUT2D eigenvalue weighted by molar-refractivity contribution is 7.90. The van der Waals surface area contributed by atoms with Gasteiger partial charge in [0, 0.05) is 11.6 Å². The van der Waals surface area contributed by atoms with Crippen molar-refractivity contribution in [3.8, 4) is 0 Å². The number of rotatable bonds is 4. The Morgan fingerprint density at radius 2 is 1.69 bits per heavy atom. The van der Waals surface area contributed by atoms with E-state index in [2.05, 4.69) is 0 Å². The number of hydrogen-bond acceptors (Lipinski definition) is 4. The highest BCUT2D eigenvalue weighted by atomic mass is 32.2. The predicted molar refractivity (Wildman–Crippen MR) is 101 cm³/mol. The Kier molecular flexibility index (Phi) is 4.63. The molecule has 0 spiro atoms. The Balaban J connectivity index is 2.01. The molecule has 136 valence electrons. The van der Waals surface area contributed by atoms with Crippen LogP contribution in [0.25, 0.3) is 10.9 Å². The van der Waals surface area contributed by atoms with E-state index < -0.39 is 15.6 Å². The van der Waals surface area contributed by atoms with Crippen molar-refractivity contribution < 1.29 is 17.9 Å². The summed E-state index contributed by atoms with van der Waals surface area (Å²) in [5.41, 5.74) is 0.710. The van der Waals surface area contributed by atoms with Crippen LogP contribution in [0.5, 0.6) is 0 Å². The first-order valence-corrected chi connectivity index (χ1v) is 9.74. The van der Waals surface area contributed by atoms with E-state index in [0.29, 0.717) is 5.52 Å². The zero-order valence-corrected chi connectivity index (χ0v) is 15.8. The van der Waals surface area contributed by atoms with Crippen LogP contribution in [0.2, 0.25) is 0 Å².